The summed E-state index contributed by atoms with van der Waals surface area (Å²) >= 11 is 0. The molecule has 0 radical (unpaired) electrons. The number of carbonyl (C=O) groups is 1. The Hall–Kier alpha value is -3.19. The SMILES string of the molecule is C.CC(C)(O)c1ccc2nc(NC(=O)CC(O)(C(F)(F)F)C(F)(F)F)n(-c3ccc(F)cc3)c2c1. The van der Waals surface area contributed by atoms with Crippen molar-refractivity contribution in [2.45, 2.75) is 51.2 Å². The van der Waals surface area contributed by atoms with E-state index < -0.39 is 47.6 Å². The minimum atomic E-state index is -6.18. The maximum atomic E-state index is 13.4. The van der Waals surface area contributed by atoms with Crippen LogP contribution in [0.5, 0.6) is 0 Å². The van der Waals surface area contributed by atoms with Gasteiger partial charge in [0.2, 0.25) is 11.9 Å². The third-order valence-electron chi connectivity index (χ3n) is 5.05. The third kappa shape index (κ3) is 5.40. The number of carbonyl (C=O) groups excluding carboxylic acids is 1. The van der Waals surface area contributed by atoms with Crippen LogP contribution in [0.15, 0.2) is 42.5 Å². The van der Waals surface area contributed by atoms with E-state index in [4.69, 9.17) is 0 Å². The number of aliphatic hydroxyl groups is 2. The molecule has 1 aromatic heterocycles. The van der Waals surface area contributed by atoms with Crippen LogP contribution in [-0.2, 0) is 10.4 Å². The first-order valence-electron chi connectivity index (χ1n) is 9.61. The van der Waals surface area contributed by atoms with Gasteiger partial charge in [0, 0.05) is 5.69 Å². The average Bonchev–Trinajstić information content (AvgIpc) is 3.03. The average molecular weight is 509 g/mol. The molecule has 0 aliphatic rings. The lowest BCUT2D eigenvalue weighted by molar-refractivity contribution is -0.366. The van der Waals surface area contributed by atoms with Gasteiger partial charge in [-0.2, -0.15) is 26.3 Å². The van der Waals surface area contributed by atoms with Crippen molar-refractivity contribution >= 4 is 22.9 Å². The van der Waals surface area contributed by atoms with Gasteiger partial charge < -0.3 is 10.2 Å². The van der Waals surface area contributed by atoms with Gasteiger partial charge in [-0.15, -0.1) is 0 Å². The Morgan fingerprint density at radius 3 is 2.00 bits per heavy atom. The number of anilines is 1. The van der Waals surface area contributed by atoms with Gasteiger partial charge in [-0.1, -0.05) is 13.5 Å². The van der Waals surface area contributed by atoms with Crippen molar-refractivity contribution in [1.82, 2.24) is 9.55 Å². The van der Waals surface area contributed by atoms with Crippen LogP contribution in [-0.4, -0.2) is 43.6 Å². The summed E-state index contributed by atoms with van der Waals surface area (Å²) in [5.74, 6) is -2.93. The van der Waals surface area contributed by atoms with Gasteiger partial charge in [-0.3, -0.25) is 14.7 Å². The van der Waals surface area contributed by atoms with Crippen molar-refractivity contribution in [3.05, 3.63) is 53.8 Å². The number of nitrogens with one attached hydrogen (secondary N) is 1. The molecule has 1 amide bonds. The maximum absolute atomic E-state index is 13.4. The van der Waals surface area contributed by atoms with Crippen molar-refractivity contribution in [2.75, 3.05) is 5.32 Å². The van der Waals surface area contributed by atoms with Crippen molar-refractivity contribution < 1.29 is 45.7 Å². The summed E-state index contributed by atoms with van der Waals surface area (Å²) in [5.41, 5.74) is -5.70. The number of hydrogen-bond acceptors (Lipinski definition) is 4. The summed E-state index contributed by atoms with van der Waals surface area (Å²) in [6.07, 6.45) is -14.7. The fourth-order valence-electron chi connectivity index (χ4n) is 3.15. The number of benzene rings is 2. The zero-order chi connectivity index (χ0) is 25.7. The van der Waals surface area contributed by atoms with Gasteiger partial charge in [0.1, 0.15) is 5.82 Å². The largest absolute Gasteiger partial charge is 0.426 e. The number of aromatic nitrogens is 2. The molecule has 1 heterocycles. The second-order valence-corrected chi connectivity index (χ2v) is 8.09. The van der Waals surface area contributed by atoms with Crippen LogP contribution in [0, 0.1) is 5.82 Å². The maximum Gasteiger partial charge on any atom is 0.426 e. The summed E-state index contributed by atoms with van der Waals surface area (Å²) in [7, 11) is 0. The Morgan fingerprint density at radius 2 is 1.51 bits per heavy atom. The molecule has 13 heteroatoms. The summed E-state index contributed by atoms with van der Waals surface area (Å²) in [4.78, 5) is 16.3. The summed E-state index contributed by atoms with van der Waals surface area (Å²) in [5, 5.41) is 21.5. The van der Waals surface area contributed by atoms with E-state index in [1.807, 2.05) is 5.32 Å². The van der Waals surface area contributed by atoms with Gasteiger partial charge in [-0.05, 0) is 55.8 Å². The molecule has 0 atom stereocenters. The number of amides is 1. The monoisotopic (exact) mass is 509 g/mol. The molecule has 3 N–H and O–H groups in total. The van der Waals surface area contributed by atoms with Crippen LogP contribution in [0.2, 0.25) is 0 Å². The zero-order valence-corrected chi connectivity index (χ0v) is 17.6. The van der Waals surface area contributed by atoms with Crippen LogP contribution in [0.4, 0.5) is 36.7 Å². The van der Waals surface area contributed by atoms with E-state index in [0.29, 0.717) is 5.56 Å². The standard InChI is InChI=1S/C21H18F7N3O3.CH4/c1-18(2,33)11-3-8-14-15(9-11)31(13-6-4-12(22)5-7-13)17(29-14)30-16(32)10-19(34,20(23,24)25)21(26,27)28;/h3-9,33-34H,10H2,1-2H3,(H,29,30,32);1H4. The Bertz CT molecular complexity index is 1200. The molecule has 0 aliphatic carbocycles. The van der Waals surface area contributed by atoms with Crippen LogP contribution >= 0.6 is 0 Å². The molecule has 6 nitrogen and oxygen atoms in total. The Balaban J connectivity index is 0.00000432. The number of hydrogen-bond donors (Lipinski definition) is 3. The molecular formula is C22H22F7N3O3. The predicted molar refractivity (Wildman–Crippen MR) is 113 cm³/mol. The quantitative estimate of drug-likeness (QED) is 0.412. The Kier molecular flexibility index (Phi) is 7.30. The molecule has 0 spiro atoms. The van der Waals surface area contributed by atoms with Crippen molar-refractivity contribution in [1.29, 1.82) is 0 Å². The number of nitrogens with zero attached hydrogens (tertiary/aromatic N) is 2. The normalized spacial score (nSPS) is 13.0. The van der Waals surface area contributed by atoms with Gasteiger partial charge in [0.15, 0.2) is 0 Å². The lowest BCUT2D eigenvalue weighted by Gasteiger charge is -2.31. The highest BCUT2D eigenvalue weighted by atomic mass is 19.4. The molecule has 0 saturated heterocycles. The van der Waals surface area contributed by atoms with Crippen LogP contribution < -0.4 is 5.32 Å². The second-order valence-electron chi connectivity index (χ2n) is 8.09. The fraction of sp³-hybridized carbons (Fsp3) is 0.364. The highest BCUT2D eigenvalue weighted by Gasteiger charge is 2.71. The molecule has 3 rings (SSSR count). The molecule has 0 unspecified atom stereocenters. The number of rotatable bonds is 5. The molecule has 0 saturated carbocycles. The van der Waals surface area contributed by atoms with Crippen molar-refractivity contribution in [3.63, 3.8) is 0 Å². The molecule has 0 aliphatic heterocycles. The molecule has 0 fully saturated rings. The minimum absolute atomic E-state index is 0. The molecule has 3 aromatic rings. The van der Waals surface area contributed by atoms with E-state index in [1.54, 1.807) is 0 Å². The summed E-state index contributed by atoms with van der Waals surface area (Å²) < 4.78 is 92.4. The smallest absolute Gasteiger partial charge is 0.386 e. The van der Waals surface area contributed by atoms with Gasteiger partial charge >= 0.3 is 12.4 Å². The van der Waals surface area contributed by atoms with Crippen LogP contribution in [0.25, 0.3) is 16.7 Å². The Morgan fingerprint density at radius 1 is 0.971 bits per heavy atom. The van der Waals surface area contributed by atoms with Gasteiger partial charge in [-0.25, -0.2) is 9.37 Å². The summed E-state index contributed by atoms with van der Waals surface area (Å²) in [6, 6.07) is 8.91. The first-order chi connectivity index (χ1) is 15.4. The number of alkyl halides is 6. The van der Waals surface area contributed by atoms with E-state index >= 15 is 0 Å². The number of imidazole rings is 1. The van der Waals surface area contributed by atoms with E-state index in [1.165, 1.54) is 44.2 Å². The molecule has 35 heavy (non-hydrogen) atoms. The third-order valence-corrected chi connectivity index (χ3v) is 5.05. The number of fused-ring (bicyclic) bond motifs is 1. The number of halogens is 7. The highest BCUT2D eigenvalue weighted by Crippen LogP contribution is 2.45. The first-order valence-corrected chi connectivity index (χ1v) is 9.61. The van der Waals surface area contributed by atoms with Crippen LogP contribution in [0.1, 0.15) is 33.3 Å². The summed E-state index contributed by atoms with van der Waals surface area (Å²) in [6.45, 7) is 2.95. The van der Waals surface area contributed by atoms with Crippen molar-refractivity contribution in [2.24, 2.45) is 0 Å². The van der Waals surface area contributed by atoms with Crippen molar-refractivity contribution in [3.8, 4) is 5.69 Å². The highest BCUT2D eigenvalue weighted by molar-refractivity contribution is 5.93. The topological polar surface area (TPSA) is 87.4 Å². The molecule has 192 valence electrons. The lowest BCUT2D eigenvalue weighted by Crippen LogP contribution is -2.58. The predicted octanol–water partition coefficient (Wildman–Crippen LogP) is 5.21. The lowest BCUT2D eigenvalue weighted by atomic mass is 9.98. The molecule has 2 aromatic carbocycles. The molecule has 0 bridgehead atoms. The van der Waals surface area contributed by atoms with Gasteiger partial charge in [0.05, 0.1) is 23.1 Å². The minimum Gasteiger partial charge on any atom is -0.386 e. The van der Waals surface area contributed by atoms with Crippen LogP contribution in [0.3, 0.4) is 0 Å². The van der Waals surface area contributed by atoms with E-state index in [0.717, 1.165) is 16.7 Å². The first kappa shape index (κ1) is 28.1. The second kappa shape index (κ2) is 9.11. The molecular weight excluding hydrogens is 487 g/mol. The Labute approximate surface area is 195 Å². The van der Waals surface area contributed by atoms with E-state index in [2.05, 4.69) is 4.98 Å². The zero-order valence-electron chi connectivity index (χ0n) is 17.6. The fourth-order valence-corrected chi connectivity index (χ4v) is 3.15. The van der Waals surface area contributed by atoms with E-state index in [9.17, 15) is 45.7 Å². The van der Waals surface area contributed by atoms with E-state index in [-0.39, 0.29) is 24.1 Å². The van der Waals surface area contributed by atoms with Gasteiger partial charge in [0.25, 0.3) is 5.60 Å².